The number of aliphatic hydroxyl groups is 1. The monoisotopic (exact) mass is 488 g/mol. The summed E-state index contributed by atoms with van der Waals surface area (Å²) in [6.45, 7) is 11.3. The van der Waals surface area contributed by atoms with Crippen molar-refractivity contribution in [1.29, 1.82) is 0 Å². The van der Waals surface area contributed by atoms with Gasteiger partial charge in [0.05, 0.1) is 6.10 Å². The first-order valence-electron chi connectivity index (χ1n) is 11.6. The molecular weight excluding hydrogens is 452 g/mol. The van der Waals surface area contributed by atoms with Gasteiger partial charge in [0, 0.05) is 11.8 Å². The van der Waals surface area contributed by atoms with E-state index in [1.807, 2.05) is 13.1 Å². The van der Waals surface area contributed by atoms with E-state index in [0.717, 1.165) is 0 Å². The van der Waals surface area contributed by atoms with Gasteiger partial charge >= 0.3 is 5.69 Å². The number of nitrogens with one attached hydrogen (secondary N) is 2. The van der Waals surface area contributed by atoms with Gasteiger partial charge in [0.1, 0.15) is 18.0 Å². The highest BCUT2D eigenvalue weighted by atomic mass is 28.4. The Hall–Kier alpha value is -2.37. The molecule has 3 rings (SSSR count). The molecule has 1 fully saturated rings. The average molecular weight is 489 g/mol. The molecule has 2 aromatic rings. The molecule has 1 amide bonds. The molecule has 1 aromatic carbocycles. The maximum atomic E-state index is 12.8. The van der Waals surface area contributed by atoms with Crippen LogP contribution in [0.2, 0.25) is 18.1 Å². The van der Waals surface area contributed by atoms with Crippen molar-refractivity contribution in [3.63, 3.8) is 0 Å². The summed E-state index contributed by atoms with van der Waals surface area (Å²) >= 11 is 0. The summed E-state index contributed by atoms with van der Waals surface area (Å²) in [6.07, 6.45) is -0.824. The van der Waals surface area contributed by atoms with Crippen LogP contribution >= 0.6 is 0 Å². The van der Waals surface area contributed by atoms with Gasteiger partial charge in [0.15, 0.2) is 14.5 Å². The van der Waals surface area contributed by atoms with Crippen LogP contribution in [0.15, 0.2) is 47.4 Å². The van der Waals surface area contributed by atoms with Crippen molar-refractivity contribution in [2.24, 2.45) is 0 Å². The zero-order valence-electron chi connectivity index (χ0n) is 20.7. The molecule has 0 radical (unpaired) electrons. The number of hydrogen-bond donors (Lipinski definition) is 3. The molecule has 2 heterocycles. The fourth-order valence-corrected chi connectivity index (χ4v) is 4.91. The van der Waals surface area contributed by atoms with Crippen molar-refractivity contribution in [3.8, 4) is 0 Å². The van der Waals surface area contributed by atoms with Crippen LogP contribution in [0.1, 0.15) is 43.8 Å². The minimum Gasteiger partial charge on any atom is -0.408 e. The molecule has 186 valence electrons. The van der Waals surface area contributed by atoms with Crippen molar-refractivity contribution in [1.82, 2.24) is 14.9 Å². The summed E-state index contributed by atoms with van der Waals surface area (Å²) < 4.78 is 13.9. The van der Waals surface area contributed by atoms with Gasteiger partial charge in [-0.25, -0.2) is 4.79 Å². The second kappa shape index (κ2) is 10.5. The van der Waals surface area contributed by atoms with Gasteiger partial charge < -0.3 is 24.9 Å². The van der Waals surface area contributed by atoms with Crippen LogP contribution < -0.4 is 16.3 Å². The normalized spacial score (nSPS) is 23.1. The van der Waals surface area contributed by atoms with Crippen molar-refractivity contribution in [2.45, 2.75) is 69.9 Å². The van der Waals surface area contributed by atoms with Crippen molar-refractivity contribution < 1.29 is 19.1 Å². The van der Waals surface area contributed by atoms with Crippen molar-refractivity contribution in [2.75, 3.05) is 18.9 Å². The van der Waals surface area contributed by atoms with Gasteiger partial charge in [0.25, 0.3) is 5.91 Å². The van der Waals surface area contributed by atoms with Gasteiger partial charge in [-0.3, -0.25) is 9.36 Å². The molecule has 2 unspecified atom stereocenters. The number of ether oxygens (including phenoxy) is 1. The lowest BCUT2D eigenvalue weighted by molar-refractivity contribution is -0.0413. The van der Waals surface area contributed by atoms with E-state index in [1.165, 1.54) is 16.8 Å². The molecule has 1 aliphatic heterocycles. The highest BCUT2D eigenvalue weighted by Gasteiger charge is 2.50. The minimum atomic E-state index is -2.21. The summed E-state index contributed by atoms with van der Waals surface area (Å²) in [5, 5.41) is 16.9. The Labute approximate surface area is 201 Å². The van der Waals surface area contributed by atoms with Crippen LogP contribution in [-0.4, -0.2) is 60.8 Å². The molecule has 0 saturated carbocycles. The number of amides is 1. The zero-order chi connectivity index (χ0) is 25.1. The average Bonchev–Trinajstić information content (AvgIpc) is 3.07. The number of aromatic nitrogens is 2. The molecule has 3 N–H and O–H groups in total. The van der Waals surface area contributed by atoms with Crippen molar-refractivity contribution in [3.05, 3.63) is 58.6 Å². The van der Waals surface area contributed by atoms with E-state index in [4.69, 9.17) is 9.16 Å². The molecule has 1 aliphatic rings. The van der Waals surface area contributed by atoms with Crippen molar-refractivity contribution >= 4 is 20.0 Å². The number of nitrogens with zero attached hydrogens (tertiary/aromatic N) is 2. The Morgan fingerprint density at radius 2 is 1.91 bits per heavy atom. The Morgan fingerprint density at radius 1 is 1.24 bits per heavy atom. The number of anilines is 1. The van der Waals surface area contributed by atoms with E-state index in [-0.39, 0.29) is 22.9 Å². The Balaban J connectivity index is 1.81. The smallest absolute Gasteiger partial charge is 0.351 e. The largest absolute Gasteiger partial charge is 0.408 e. The zero-order valence-corrected chi connectivity index (χ0v) is 21.7. The minimum absolute atomic E-state index is 0.0463. The number of rotatable bonds is 8. The molecule has 4 atom stereocenters. The summed E-state index contributed by atoms with van der Waals surface area (Å²) in [5.74, 6) is -0.235. The summed E-state index contributed by atoms with van der Waals surface area (Å²) in [5.41, 5.74) is -0.170. The fourth-order valence-electron chi connectivity index (χ4n) is 3.58. The lowest BCUT2D eigenvalue weighted by Crippen LogP contribution is -2.49. The molecule has 34 heavy (non-hydrogen) atoms. The Bertz CT molecular complexity index is 1040. The molecule has 0 bridgehead atoms. The summed E-state index contributed by atoms with van der Waals surface area (Å²) in [7, 11) is -0.357. The van der Waals surface area contributed by atoms with E-state index in [1.54, 1.807) is 24.3 Å². The second-order valence-corrected chi connectivity index (χ2v) is 14.9. The third kappa shape index (κ3) is 5.81. The van der Waals surface area contributed by atoms with Crippen LogP contribution in [0.25, 0.3) is 0 Å². The molecule has 0 spiro atoms. The van der Waals surface area contributed by atoms with Gasteiger partial charge in [-0.15, -0.1) is 0 Å². The van der Waals surface area contributed by atoms with Gasteiger partial charge in [-0.1, -0.05) is 39.0 Å². The number of carbonyl (C=O) groups excluding carboxylic acids is 1. The predicted molar refractivity (Wildman–Crippen MR) is 133 cm³/mol. The third-order valence-electron chi connectivity index (χ3n) is 6.61. The molecular formula is C24H36N4O5Si. The maximum Gasteiger partial charge on any atom is 0.351 e. The first-order chi connectivity index (χ1) is 15.9. The first-order valence-corrected chi connectivity index (χ1v) is 14.5. The van der Waals surface area contributed by atoms with Crippen LogP contribution in [0.5, 0.6) is 0 Å². The van der Waals surface area contributed by atoms with E-state index < -0.39 is 32.4 Å². The van der Waals surface area contributed by atoms with E-state index in [0.29, 0.717) is 18.5 Å². The summed E-state index contributed by atoms with van der Waals surface area (Å²) in [4.78, 5) is 29.2. The fraction of sp³-hybridized carbons (Fsp3) is 0.542. The second-order valence-electron chi connectivity index (χ2n) is 10.1. The Kier molecular flexibility index (Phi) is 8.09. The van der Waals surface area contributed by atoms with E-state index >= 15 is 0 Å². The van der Waals surface area contributed by atoms with Gasteiger partial charge in [0.2, 0.25) is 0 Å². The lowest BCUT2D eigenvalue weighted by Gasteiger charge is -2.40. The van der Waals surface area contributed by atoms with Crippen LogP contribution in [0, 0.1) is 0 Å². The Morgan fingerprint density at radius 3 is 2.50 bits per heavy atom. The van der Waals surface area contributed by atoms with E-state index in [2.05, 4.69) is 49.5 Å². The molecule has 9 nitrogen and oxygen atoms in total. The standard InChI is InChI=1S/C24H36N4O5Si/c1-24(2,3)34(5,6)33-20-17(12-14-25-4)32-22(19(20)29)28-15-13-18(27-23(28)31)26-21(30)16-10-8-7-9-11-16/h7-11,13,15,17,19-20,22,25,29H,12,14H2,1-6H3,(H,26,27,30,31)/t17-,19?,20?,22-/m1/s1. The number of benzene rings is 1. The molecule has 0 aliphatic carbocycles. The quantitative estimate of drug-likeness (QED) is 0.490. The topological polar surface area (TPSA) is 115 Å². The van der Waals surface area contributed by atoms with Crippen LogP contribution in [-0.2, 0) is 9.16 Å². The van der Waals surface area contributed by atoms with Crippen LogP contribution in [0.4, 0.5) is 5.82 Å². The number of hydrogen-bond acceptors (Lipinski definition) is 7. The molecule has 1 aromatic heterocycles. The number of aliphatic hydroxyl groups excluding tert-OH is 1. The number of carbonyl (C=O) groups is 1. The van der Waals surface area contributed by atoms with Gasteiger partial charge in [-0.2, -0.15) is 4.98 Å². The van der Waals surface area contributed by atoms with Gasteiger partial charge in [-0.05, 0) is 56.3 Å². The molecule has 1 saturated heterocycles. The maximum absolute atomic E-state index is 12.8. The third-order valence-corrected chi connectivity index (χ3v) is 11.1. The highest BCUT2D eigenvalue weighted by molar-refractivity contribution is 6.74. The SMILES string of the molecule is CNCC[C@H]1O[C@@H](n2ccc(NC(=O)c3ccccc3)nc2=O)C(O)C1O[Si](C)(C)C(C)(C)C. The molecule has 10 heteroatoms. The first kappa shape index (κ1) is 26.2. The van der Waals surface area contributed by atoms with E-state index in [9.17, 15) is 14.7 Å². The highest BCUT2D eigenvalue weighted by Crippen LogP contribution is 2.41. The summed E-state index contributed by atoms with van der Waals surface area (Å²) in [6, 6.07) is 10.2. The predicted octanol–water partition coefficient (Wildman–Crippen LogP) is 2.75. The van der Waals surface area contributed by atoms with Crippen LogP contribution in [0.3, 0.4) is 0 Å². The lowest BCUT2D eigenvalue weighted by atomic mass is 10.1.